The van der Waals surface area contributed by atoms with Crippen molar-refractivity contribution >= 4 is 50.6 Å². The van der Waals surface area contributed by atoms with Crippen LogP contribution in [0.25, 0.3) is 6.08 Å². The van der Waals surface area contributed by atoms with Gasteiger partial charge in [-0.15, -0.1) is 0 Å². The molecule has 9 nitrogen and oxygen atoms in total. The molecule has 2 aromatic rings. The molecule has 0 aromatic heterocycles. The standard InChI is InChI=1S/C23H23BrN2O7S/c1-3-32-19-11-16(12-21-22(27)25(23(28)34-21)8-5-9-31-2)18(24)13-20(19)33-14-15-6-4-7-17(10-15)26(29)30/h4,6-7,10-13H,3,5,8-9,14H2,1-2H3/b21-12+. The van der Waals surface area contributed by atoms with E-state index in [1.807, 2.05) is 6.92 Å². The summed E-state index contributed by atoms with van der Waals surface area (Å²) in [6, 6.07) is 9.62. The molecule has 2 amide bonds. The summed E-state index contributed by atoms with van der Waals surface area (Å²) in [6.07, 6.45) is 2.20. The lowest BCUT2D eigenvalue weighted by atomic mass is 10.1. The molecule has 3 rings (SSSR count). The first-order chi connectivity index (χ1) is 16.3. The molecule has 1 aliphatic heterocycles. The number of hydrogen-bond acceptors (Lipinski definition) is 8. The Bertz CT molecular complexity index is 1120. The highest BCUT2D eigenvalue weighted by atomic mass is 79.9. The highest BCUT2D eigenvalue weighted by Crippen LogP contribution is 2.38. The van der Waals surface area contributed by atoms with Gasteiger partial charge in [-0.1, -0.05) is 28.1 Å². The molecule has 1 saturated heterocycles. The molecule has 180 valence electrons. The van der Waals surface area contributed by atoms with Crippen LogP contribution in [0.1, 0.15) is 24.5 Å². The molecule has 0 aliphatic carbocycles. The maximum atomic E-state index is 12.7. The van der Waals surface area contributed by atoms with E-state index in [9.17, 15) is 19.7 Å². The summed E-state index contributed by atoms with van der Waals surface area (Å²) in [5.41, 5.74) is 1.27. The Morgan fingerprint density at radius 3 is 2.65 bits per heavy atom. The minimum atomic E-state index is -0.459. The van der Waals surface area contributed by atoms with E-state index in [4.69, 9.17) is 14.2 Å². The molecule has 1 heterocycles. The predicted octanol–water partition coefficient (Wildman–Crippen LogP) is 5.41. The molecule has 11 heteroatoms. The van der Waals surface area contributed by atoms with Crippen molar-refractivity contribution in [1.82, 2.24) is 4.90 Å². The number of carbonyl (C=O) groups is 2. The van der Waals surface area contributed by atoms with E-state index in [1.54, 1.807) is 37.5 Å². The largest absolute Gasteiger partial charge is 0.490 e. The SMILES string of the molecule is CCOc1cc(/C=C2/SC(=O)N(CCCOC)C2=O)c(Br)cc1OCc1cccc([N+](=O)[O-])c1. The molecule has 0 unspecified atom stereocenters. The van der Waals surface area contributed by atoms with Crippen LogP contribution >= 0.6 is 27.7 Å². The molecule has 2 aromatic carbocycles. The third-order valence-corrected chi connectivity index (χ3v) is 6.36. The quantitative estimate of drug-likeness (QED) is 0.158. The number of non-ortho nitro benzene ring substituents is 1. The topological polar surface area (TPSA) is 108 Å². The number of methoxy groups -OCH3 is 1. The summed E-state index contributed by atoms with van der Waals surface area (Å²) >= 11 is 4.38. The fourth-order valence-corrected chi connectivity index (χ4v) is 4.46. The van der Waals surface area contributed by atoms with E-state index in [0.29, 0.717) is 58.2 Å². The van der Waals surface area contributed by atoms with Crippen LogP contribution in [-0.2, 0) is 16.1 Å². The highest BCUT2D eigenvalue weighted by molar-refractivity contribution is 9.10. The zero-order chi connectivity index (χ0) is 24.7. The first kappa shape index (κ1) is 25.7. The van der Waals surface area contributed by atoms with E-state index in [2.05, 4.69) is 15.9 Å². The van der Waals surface area contributed by atoms with Crippen molar-refractivity contribution in [2.75, 3.05) is 26.9 Å². The van der Waals surface area contributed by atoms with Crippen LogP contribution in [-0.4, -0.2) is 47.8 Å². The average Bonchev–Trinajstić information content (AvgIpc) is 3.08. The number of ether oxygens (including phenoxy) is 3. The van der Waals surface area contributed by atoms with Gasteiger partial charge >= 0.3 is 0 Å². The van der Waals surface area contributed by atoms with Crippen molar-refractivity contribution in [1.29, 1.82) is 0 Å². The molecule has 34 heavy (non-hydrogen) atoms. The minimum absolute atomic E-state index is 0.0150. The highest BCUT2D eigenvalue weighted by Gasteiger charge is 2.34. The van der Waals surface area contributed by atoms with Gasteiger partial charge in [-0.3, -0.25) is 24.6 Å². The molecule has 0 saturated carbocycles. The maximum absolute atomic E-state index is 12.7. The fourth-order valence-electron chi connectivity index (χ4n) is 3.16. The lowest BCUT2D eigenvalue weighted by molar-refractivity contribution is -0.384. The zero-order valence-corrected chi connectivity index (χ0v) is 21.0. The number of rotatable bonds is 11. The van der Waals surface area contributed by atoms with Gasteiger partial charge in [0.1, 0.15) is 6.61 Å². The van der Waals surface area contributed by atoms with Crippen LogP contribution in [0.15, 0.2) is 45.8 Å². The van der Waals surface area contributed by atoms with Gasteiger partial charge in [0.15, 0.2) is 11.5 Å². The number of nitro benzene ring substituents is 1. The number of halogens is 1. The van der Waals surface area contributed by atoms with Crippen LogP contribution < -0.4 is 9.47 Å². The summed E-state index contributed by atoms with van der Waals surface area (Å²) in [4.78, 5) is 37.0. The molecule has 0 spiro atoms. The molecule has 1 aliphatic rings. The Labute approximate surface area is 209 Å². The minimum Gasteiger partial charge on any atom is -0.490 e. The van der Waals surface area contributed by atoms with Gasteiger partial charge in [-0.2, -0.15) is 0 Å². The lowest BCUT2D eigenvalue weighted by Crippen LogP contribution is -2.29. The Hall–Kier alpha value is -2.89. The van der Waals surface area contributed by atoms with Crippen molar-refractivity contribution < 1.29 is 28.7 Å². The predicted molar refractivity (Wildman–Crippen MR) is 132 cm³/mol. The normalized spacial score (nSPS) is 14.7. The van der Waals surface area contributed by atoms with Gasteiger partial charge in [0, 0.05) is 36.9 Å². The molecule has 0 bridgehead atoms. The van der Waals surface area contributed by atoms with Gasteiger partial charge in [-0.05, 0) is 54.4 Å². The van der Waals surface area contributed by atoms with Crippen molar-refractivity contribution in [3.63, 3.8) is 0 Å². The van der Waals surface area contributed by atoms with E-state index >= 15 is 0 Å². The molecular formula is C23H23BrN2O7S. The third kappa shape index (κ3) is 6.37. The third-order valence-electron chi connectivity index (χ3n) is 4.77. The van der Waals surface area contributed by atoms with Crippen LogP contribution in [0.5, 0.6) is 11.5 Å². The Kier molecular flexibility index (Phi) is 9.08. The molecule has 0 radical (unpaired) electrons. The summed E-state index contributed by atoms with van der Waals surface area (Å²) in [7, 11) is 1.57. The van der Waals surface area contributed by atoms with E-state index in [1.165, 1.54) is 17.0 Å². The summed E-state index contributed by atoms with van der Waals surface area (Å²) in [5, 5.41) is 10.7. The van der Waals surface area contributed by atoms with Gasteiger partial charge in [0.05, 0.1) is 16.4 Å². The first-order valence-electron chi connectivity index (χ1n) is 10.4. The number of benzene rings is 2. The number of imide groups is 1. The number of thioether (sulfide) groups is 1. The zero-order valence-electron chi connectivity index (χ0n) is 18.6. The average molecular weight is 551 g/mol. The molecular weight excluding hydrogens is 528 g/mol. The molecule has 0 atom stereocenters. The fraction of sp³-hybridized carbons (Fsp3) is 0.304. The second-order valence-corrected chi connectivity index (χ2v) is 9.00. The number of nitrogens with zero attached hydrogens (tertiary/aromatic N) is 2. The Morgan fingerprint density at radius 1 is 1.18 bits per heavy atom. The first-order valence-corrected chi connectivity index (χ1v) is 12.0. The molecule has 1 fully saturated rings. The lowest BCUT2D eigenvalue weighted by Gasteiger charge is -2.14. The van der Waals surface area contributed by atoms with Crippen molar-refractivity contribution in [3.8, 4) is 11.5 Å². The maximum Gasteiger partial charge on any atom is 0.293 e. The van der Waals surface area contributed by atoms with Gasteiger partial charge in [-0.25, -0.2) is 0 Å². The molecule has 0 N–H and O–H groups in total. The van der Waals surface area contributed by atoms with E-state index < -0.39 is 4.92 Å². The van der Waals surface area contributed by atoms with Gasteiger partial charge in [0.25, 0.3) is 16.8 Å². The van der Waals surface area contributed by atoms with Gasteiger partial charge in [0.2, 0.25) is 0 Å². The van der Waals surface area contributed by atoms with Crippen molar-refractivity contribution in [3.05, 3.63) is 67.0 Å². The number of hydrogen-bond donors (Lipinski definition) is 0. The Morgan fingerprint density at radius 2 is 1.94 bits per heavy atom. The smallest absolute Gasteiger partial charge is 0.293 e. The number of nitro groups is 1. The Balaban J connectivity index is 1.81. The van der Waals surface area contributed by atoms with Gasteiger partial charge < -0.3 is 14.2 Å². The van der Waals surface area contributed by atoms with Crippen molar-refractivity contribution in [2.24, 2.45) is 0 Å². The van der Waals surface area contributed by atoms with Crippen LogP contribution in [0.3, 0.4) is 0 Å². The van der Waals surface area contributed by atoms with E-state index in [0.717, 1.165) is 11.8 Å². The van der Waals surface area contributed by atoms with Crippen LogP contribution in [0, 0.1) is 10.1 Å². The number of amides is 2. The van der Waals surface area contributed by atoms with E-state index in [-0.39, 0.29) is 23.4 Å². The van der Waals surface area contributed by atoms with Crippen LogP contribution in [0.2, 0.25) is 0 Å². The summed E-state index contributed by atoms with van der Waals surface area (Å²) in [5.74, 6) is 0.536. The monoisotopic (exact) mass is 550 g/mol. The summed E-state index contributed by atoms with van der Waals surface area (Å²) in [6.45, 7) is 3.07. The van der Waals surface area contributed by atoms with Crippen LogP contribution in [0.4, 0.5) is 10.5 Å². The number of carbonyl (C=O) groups excluding carboxylic acids is 2. The second-order valence-electron chi connectivity index (χ2n) is 7.15. The van der Waals surface area contributed by atoms with Crippen molar-refractivity contribution in [2.45, 2.75) is 20.0 Å². The second kappa shape index (κ2) is 12.0. The summed E-state index contributed by atoms with van der Waals surface area (Å²) < 4.78 is 17.2.